The molecule has 3 fully saturated rings. The first-order valence-electron chi connectivity index (χ1n) is 23.0. The van der Waals surface area contributed by atoms with Gasteiger partial charge in [0.15, 0.2) is 0 Å². The second-order valence-corrected chi connectivity index (χ2v) is 21.4. The first-order valence-corrected chi connectivity index (χ1v) is 23.0. The van der Waals surface area contributed by atoms with Crippen LogP contribution >= 0.6 is 0 Å². The minimum absolute atomic E-state index is 0.0480. The summed E-state index contributed by atoms with van der Waals surface area (Å²) in [5.74, 6) is 5.60. The van der Waals surface area contributed by atoms with Crippen molar-refractivity contribution in [2.75, 3.05) is 13.1 Å². The normalized spacial score (nSPS) is 30.9. The Labute approximate surface area is 333 Å². The summed E-state index contributed by atoms with van der Waals surface area (Å²) in [4.78, 5) is 28.5. The van der Waals surface area contributed by atoms with Crippen LogP contribution in [0.1, 0.15) is 198 Å². The molecule has 4 aliphatic carbocycles. The summed E-state index contributed by atoms with van der Waals surface area (Å²) >= 11 is 0. The lowest BCUT2D eigenvalue weighted by atomic mass is 9.47. The fraction of sp³-hybridized carbons (Fsp3) is 0.917. The molecule has 4 rings (SSSR count). The van der Waals surface area contributed by atoms with Gasteiger partial charge >= 0.3 is 5.97 Å². The van der Waals surface area contributed by atoms with E-state index in [0.29, 0.717) is 12.0 Å². The van der Waals surface area contributed by atoms with Gasteiger partial charge in [0.2, 0.25) is 5.91 Å². The second kappa shape index (κ2) is 19.4. The van der Waals surface area contributed by atoms with Gasteiger partial charge in [-0.1, -0.05) is 91.7 Å². The van der Waals surface area contributed by atoms with Crippen molar-refractivity contribution >= 4 is 11.9 Å². The number of allylic oxidation sites excluding steroid dienone is 1. The van der Waals surface area contributed by atoms with E-state index in [4.69, 9.17) is 16.2 Å². The van der Waals surface area contributed by atoms with Gasteiger partial charge < -0.3 is 21.1 Å². The van der Waals surface area contributed by atoms with Crippen LogP contribution in [0, 0.1) is 52.3 Å². The second-order valence-electron chi connectivity index (χ2n) is 21.4. The van der Waals surface area contributed by atoms with Crippen molar-refractivity contribution in [2.45, 2.75) is 215 Å². The molecular weight excluding hydrogens is 667 g/mol. The molecular formula is C48H87N3O3. The van der Waals surface area contributed by atoms with E-state index in [9.17, 15) is 9.59 Å². The average Bonchev–Trinajstić information content (AvgIpc) is 3.44. The Morgan fingerprint density at radius 3 is 2.20 bits per heavy atom. The van der Waals surface area contributed by atoms with Crippen LogP contribution in [-0.4, -0.2) is 47.0 Å². The first-order chi connectivity index (χ1) is 25.3. The molecule has 0 radical (unpaired) electrons. The molecule has 3 saturated carbocycles. The number of hydrogen-bond donors (Lipinski definition) is 2. The number of nitrogens with zero attached hydrogens (tertiary/aromatic N) is 1. The van der Waals surface area contributed by atoms with Crippen LogP contribution in [0.4, 0.5) is 0 Å². The molecule has 0 aliphatic heterocycles. The smallest absolute Gasteiger partial charge is 0.306 e. The molecule has 1 amide bonds. The molecule has 0 aromatic carbocycles. The fourth-order valence-electron chi connectivity index (χ4n) is 12.2. The van der Waals surface area contributed by atoms with Crippen LogP contribution in [0.5, 0.6) is 0 Å². The number of amides is 1. The highest BCUT2D eigenvalue weighted by Gasteiger charge is 2.59. The van der Waals surface area contributed by atoms with Crippen LogP contribution in [0.25, 0.3) is 0 Å². The summed E-state index contributed by atoms with van der Waals surface area (Å²) in [5.41, 5.74) is 14.3. The number of unbranched alkanes of at least 4 members (excludes halogenated alkanes) is 4. The molecule has 9 atom stereocenters. The van der Waals surface area contributed by atoms with Crippen molar-refractivity contribution < 1.29 is 14.3 Å². The number of esters is 1. The average molecular weight is 754 g/mol. The Bertz CT molecular complexity index is 1230. The third kappa shape index (κ3) is 12.1. The van der Waals surface area contributed by atoms with E-state index >= 15 is 0 Å². The minimum Gasteiger partial charge on any atom is -0.462 e. The van der Waals surface area contributed by atoms with Crippen molar-refractivity contribution in [1.29, 1.82) is 0 Å². The standard InChI is InChI=1S/C48H87N3O3/c1-11-36(34(2)3)18-17-35(4)40-21-22-41-39-20-19-37-33-38(25-28-47(37,9)42(39)26-29-48(40,41)10)54-44(53)24-23-43(52)51(32-30-46(7,8)50)31-16-14-12-13-15-27-45(5,6)49/h19,34-36,38-42H,11-18,20-33,49-50H2,1-10H3/t35-,36-,38?,39+,40-,41+,42+,47+,48-/m1/s1. The summed E-state index contributed by atoms with van der Waals surface area (Å²) in [7, 11) is 0. The lowest BCUT2D eigenvalue weighted by molar-refractivity contribution is -0.153. The van der Waals surface area contributed by atoms with E-state index < -0.39 is 0 Å². The Balaban J connectivity index is 1.26. The molecule has 54 heavy (non-hydrogen) atoms. The van der Waals surface area contributed by atoms with Crippen LogP contribution in [-0.2, 0) is 14.3 Å². The largest absolute Gasteiger partial charge is 0.462 e. The monoisotopic (exact) mass is 754 g/mol. The zero-order valence-corrected chi connectivity index (χ0v) is 37.1. The van der Waals surface area contributed by atoms with Crippen molar-refractivity contribution in [3.8, 4) is 0 Å². The molecule has 0 aromatic heterocycles. The molecule has 0 aromatic rings. The number of carbonyl (C=O) groups is 2. The fourth-order valence-corrected chi connectivity index (χ4v) is 12.2. The highest BCUT2D eigenvalue weighted by Crippen LogP contribution is 2.67. The van der Waals surface area contributed by atoms with Crippen molar-refractivity contribution in [3.05, 3.63) is 11.6 Å². The minimum atomic E-state index is -0.337. The van der Waals surface area contributed by atoms with E-state index in [2.05, 4.69) is 61.5 Å². The highest BCUT2D eigenvalue weighted by molar-refractivity contribution is 5.81. The zero-order valence-electron chi connectivity index (χ0n) is 37.1. The van der Waals surface area contributed by atoms with Crippen molar-refractivity contribution in [1.82, 2.24) is 4.90 Å². The lowest BCUT2D eigenvalue weighted by Crippen LogP contribution is -2.51. The lowest BCUT2D eigenvalue weighted by Gasteiger charge is -2.58. The topological polar surface area (TPSA) is 98.7 Å². The summed E-state index contributed by atoms with van der Waals surface area (Å²) in [6.07, 6.45) is 24.0. The molecule has 0 spiro atoms. The van der Waals surface area contributed by atoms with Crippen LogP contribution < -0.4 is 11.5 Å². The highest BCUT2D eigenvalue weighted by atomic mass is 16.5. The first kappa shape index (κ1) is 45.3. The summed E-state index contributed by atoms with van der Waals surface area (Å²) in [5, 5.41) is 0. The molecule has 312 valence electrons. The maximum absolute atomic E-state index is 13.4. The predicted octanol–water partition coefficient (Wildman–Crippen LogP) is 11.4. The van der Waals surface area contributed by atoms with Gasteiger partial charge in [-0.15, -0.1) is 0 Å². The van der Waals surface area contributed by atoms with Gasteiger partial charge in [0, 0.05) is 37.0 Å². The zero-order chi connectivity index (χ0) is 39.9. The van der Waals surface area contributed by atoms with E-state index in [1.54, 1.807) is 5.57 Å². The number of nitrogens with two attached hydrogens (primary N) is 2. The summed E-state index contributed by atoms with van der Waals surface area (Å²) in [6.45, 7) is 24.6. The Morgan fingerprint density at radius 2 is 1.54 bits per heavy atom. The summed E-state index contributed by atoms with van der Waals surface area (Å²) < 4.78 is 6.13. The van der Waals surface area contributed by atoms with Gasteiger partial charge in [-0.25, -0.2) is 0 Å². The number of ether oxygens (including phenoxy) is 1. The Kier molecular flexibility index (Phi) is 16.2. The van der Waals surface area contributed by atoms with Gasteiger partial charge in [-0.3, -0.25) is 9.59 Å². The van der Waals surface area contributed by atoms with Gasteiger partial charge in [-0.2, -0.15) is 0 Å². The quantitative estimate of drug-likeness (QED) is 0.0691. The van der Waals surface area contributed by atoms with Crippen LogP contribution in [0.2, 0.25) is 0 Å². The van der Waals surface area contributed by atoms with Crippen molar-refractivity contribution in [3.63, 3.8) is 0 Å². The molecule has 6 nitrogen and oxygen atoms in total. The van der Waals surface area contributed by atoms with E-state index in [0.717, 1.165) is 106 Å². The third-order valence-corrected chi connectivity index (χ3v) is 15.7. The van der Waals surface area contributed by atoms with Crippen LogP contribution in [0.15, 0.2) is 11.6 Å². The van der Waals surface area contributed by atoms with Gasteiger partial charge in [0.25, 0.3) is 0 Å². The van der Waals surface area contributed by atoms with Gasteiger partial charge in [0.05, 0.1) is 6.42 Å². The summed E-state index contributed by atoms with van der Waals surface area (Å²) in [6, 6.07) is 0. The van der Waals surface area contributed by atoms with E-state index in [1.807, 2.05) is 18.7 Å². The molecule has 6 heteroatoms. The number of rotatable bonds is 21. The van der Waals surface area contributed by atoms with Crippen LogP contribution in [0.3, 0.4) is 0 Å². The Morgan fingerprint density at radius 1 is 0.852 bits per heavy atom. The number of hydrogen-bond acceptors (Lipinski definition) is 5. The molecule has 4 aliphatic rings. The number of fused-ring (bicyclic) bond motifs is 5. The molecule has 1 unspecified atom stereocenters. The van der Waals surface area contributed by atoms with E-state index in [-0.39, 0.29) is 47.3 Å². The maximum atomic E-state index is 13.4. The van der Waals surface area contributed by atoms with Gasteiger partial charge in [0.1, 0.15) is 6.10 Å². The molecule has 4 N–H and O–H groups in total. The number of carbonyl (C=O) groups excluding carboxylic acids is 2. The van der Waals surface area contributed by atoms with E-state index in [1.165, 1.54) is 57.8 Å². The van der Waals surface area contributed by atoms with Gasteiger partial charge in [-0.05, 0) is 151 Å². The molecule has 0 bridgehead atoms. The molecule has 0 heterocycles. The van der Waals surface area contributed by atoms with Crippen molar-refractivity contribution in [2.24, 2.45) is 63.7 Å². The molecule has 0 saturated heterocycles. The predicted molar refractivity (Wildman–Crippen MR) is 227 cm³/mol. The SMILES string of the molecule is CC[C@H](CC[C@@H](C)[C@H]1CC[C@H]2[C@@H]3CC=C4CC(OC(=O)CCC(=O)N(CCCCCCCC(C)(C)N)CCC(C)(C)N)CC[C@]4(C)[C@H]3CC[C@]12C)C(C)C. The maximum Gasteiger partial charge on any atom is 0.306 e. The third-order valence-electron chi connectivity index (χ3n) is 15.7. The Hall–Kier alpha value is -1.40.